The molecule has 0 saturated heterocycles. The van der Waals surface area contributed by atoms with Gasteiger partial charge in [-0.3, -0.25) is 0 Å². The lowest BCUT2D eigenvalue weighted by Crippen LogP contribution is -2.03. The molecule has 0 radical (unpaired) electrons. The third-order valence-electron chi connectivity index (χ3n) is 4.46. The minimum atomic E-state index is 0.507. The van der Waals surface area contributed by atoms with Crippen molar-refractivity contribution in [2.24, 2.45) is 5.73 Å². The van der Waals surface area contributed by atoms with E-state index >= 15 is 0 Å². The summed E-state index contributed by atoms with van der Waals surface area (Å²) in [5.74, 6) is 1.04. The quantitative estimate of drug-likeness (QED) is 0.761. The number of nitrogens with two attached hydrogens (primary N) is 1. The average Bonchev–Trinajstić information content (AvgIpc) is 2.53. The lowest BCUT2D eigenvalue weighted by Gasteiger charge is -2.19. The van der Waals surface area contributed by atoms with Gasteiger partial charge in [-0.2, -0.15) is 0 Å². The molecule has 0 bridgehead atoms. The van der Waals surface area contributed by atoms with Crippen molar-refractivity contribution in [3.05, 3.63) is 58.7 Å². The first kappa shape index (κ1) is 16.8. The number of hydrogen-bond acceptors (Lipinski definition) is 1. The highest BCUT2D eigenvalue weighted by Crippen LogP contribution is 2.34. The van der Waals surface area contributed by atoms with Gasteiger partial charge in [0.2, 0.25) is 0 Å². The molecule has 0 atom stereocenters. The zero-order chi connectivity index (χ0) is 16.3. The first-order valence-electron chi connectivity index (χ1n) is 8.44. The minimum Gasteiger partial charge on any atom is -0.326 e. The third kappa shape index (κ3) is 3.41. The summed E-state index contributed by atoms with van der Waals surface area (Å²) in [4.78, 5) is 0. The fourth-order valence-electron chi connectivity index (χ4n) is 2.94. The second-order valence-corrected chi connectivity index (χ2v) is 6.71. The molecule has 0 aliphatic heterocycles. The van der Waals surface area contributed by atoms with E-state index in [9.17, 15) is 0 Å². The first-order chi connectivity index (χ1) is 10.5. The average molecular weight is 295 g/mol. The fraction of sp³-hybridized carbons (Fsp3) is 0.429. The van der Waals surface area contributed by atoms with Crippen LogP contribution in [0.25, 0.3) is 11.1 Å². The maximum absolute atomic E-state index is 6.00. The summed E-state index contributed by atoms with van der Waals surface area (Å²) in [6.07, 6.45) is 1.05. The molecule has 0 aliphatic carbocycles. The minimum absolute atomic E-state index is 0.507. The largest absolute Gasteiger partial charge is 0.326 e. The van der Waals surface area contributed by atoms with E-state index in [0.29, 0.717) is 18.4 Å². The van der Waals surface area contributed by atoms with E-state index in [1.54, 1.807) is 0 Å². The molecule has 22 heavy (non-hydrogen) atoms. The van der Waals surface area contributed by atoms with Crippen molar-refractivity contribution in [2.45, 2.75) is 59.4 Å². The number of rotatable bonds is 5. The molecule has 118 valence electrons. The molecule has 0 spiro atoms. The van der Waals surface area contributed by atoms with Gasteiger partial charge in [-0.15, -0.1) is 0 Å². The van der Waals surface area contributed by atoms with Gasteiger partial charge in [-0.1, -0.05) is 71.0 Å². The van der Waals surface area contributed by atoms with Crippen molar-refractivity contribution in [2.75, 3.05) is 0 Å². The molecule has 1 heteroatoms. The van der Waals surface area contributed by atoms with E-state index in [-0.39, 0.29) is 0 Å². The van der Waals surface area contributed by atoms with E-state index in [2.05, 4.69) is 71.0 Å². The van der Waals surface area contributed by atoms with Gasteiger partial charge in [-0.25, -0.2) is 0 Å². The summed E-state index contributed by atoms with van der Waals surface area (Å²) in [5.41, 5.74) is 14.1. The topological polar surface area (TPSA) is 26.0 Å². The molecule has 2 N–H and O–H groups in total. The molecule has 0 saturated carbocycles. The predicted octanol–water partition coefficient (Wildman–Crippen LogP) is 5.62. The number of aryl methyl sites for hydroxylation is 1. The Bertz CT molecular complexity index is 638. The Hall–Kier alpha value is -1.60. The summed E-state index contributed by atoms with van der Waals surface area (Å²) in [6, 6.07) is 13.7. The van der Waals surface area contributed by atoms with E-state index in [4.69, 9.17) is 5.73 Å². The van der Waals surface area contributed by atoms with Crippen molar-refractivity contribution in [3.8, 4) is 11.1 Å². The molecule has 2 rings (SSSR count). The van der Waals surface area contributed by atoms with Gasteiger partial charge >= 0.3 is 0 Å². The SMILES string of the molecule is CCc1ccc(CN)c(-c2cc(C(C)C)ccc2C(C)C)c1. The van der Waals surface area contributed by atoms with Crippen molar-refractivity contribution >= 4 is 0 Å². The number of benzene rings is 2. The van der Waals surface area contributed by atoms with Crippen LogP contribution in [0.5, 0.6) is 0 Å². The van der Waals surface area contributed by atoms with Crippen LogP contribution in [0, 0.1) is 0 Å². The molecule has 0 aromatic heterocycles. The van der Waals surface area contributed by atoms with Crippen LogP contribution in [0.1, 0.15) is 68.7 Å². The monoisotopic (exact) mass is 295 g/mol. The van der Waals surface area contributed by atoms with Gasteiger partial charge in [0, 0.05) is 6.54 Å². The van der Waals surface area contributed by atoms with E-state index in [1.807, 2.05) is 0 Å². The van der Waals surface area contributed by atoms with Gasteiger partial charge < -0.3 is 5.73 Å². The molecular weight excluding hydrogens is 266 g/mol. The third-order valence-corrected chi connectivity index (χ3v) is 4.46. The van der Waals surface area contributed by atoms with Crippen LogP contribution in [0.15, 0.2) is 36.4 Å². The smallest absolute Gasteiger partial charge is 0.0184 e. The highest BCUT2D eigenvalue weighted by molar-refractivity contribution is 5.73. The molecule has 0 unspecified atom stereocenters. The van der Waals surface area contributed by atoms with Crippen molar-refractivity contribution in [1.29, 1.82) is 0 Å². The standard InChI is InChI=1S/C21H29N/c1-6-16-7-8-18(13-22)20(11-16)21-12-17(14(2)3)9-10-19(21)15(4)5/h7-12,14-15H,6,13,22H2,1-5H3. The van der Waals surface area contributed by atoms with Gasteiger partial charge in [0.05, 0.1) is 0 Å². The Morgan fingerprint density at radius 2 is 1.59 bits per heavy atom. The maximum atomic E-state index is 6.00. The van der Waals surface area contributed by atoms with Crippen LogP contribution in [0.4, 0.5) is 0 Å². The van der Waals surface area contributed by atoms with Crippen LogP contribution < -0.4 is 5.73 Å². The van der Waals surface area contributed by atoms with Crippen LogP contribution in [-0.4, -0.2) is 0 Å². The lowest BCUT2D eigenvalue weighted by molar-refractivity contribution is 0.846. The van der Waals surface area contributed by atoms with Crippen molar-refractivity contribution in [1.82, 2.24) is 0 Å². The summed E-state index contributed by atoms with van der Waals surface area (Å²) in [5, 5.41) is 0. The zero-order valence-corrected chi connectivity index (χ0v) is 14.6. The molecule has 0 amide bonds. The Labute approximate surface area is 135 Å². The highest BCUT2D eigenvalue weighted by Gasteiger charge is 2.14. The second kappa shape index (κ2) is 7.11. The first-order valence-corrected chi connectivity index (χ1v) is 8.44. The summed E-state index contributed by atoms with van der Waals surface area (Å²) in [6.45, 7) is 11.8. The van der Waals surface area contributed by atoms with Gasteiger partial charge in [0.15, 0.2) is 0 Å². The van der Waals surface area contributed by atoms with Gasteiger partial charge in [-0.05, 0) is 51.6 Å². The van der Waals surface area contributed by atoms with Crippen LogP contribution in [0.3, 0.4) is 0 Å². The molecule has 2 aromatic rings. The maximum Gasteiger partial charge on any atom is 0.0184 e. The molecule has 0 aliphatic rings. The lowest BCUT2D eigenvalue weighted by atomic mass is 9.86. The Morgan fingerprint density at radius 1 is 0.864 bits per heavy atom. The van der Waals surface area contributed by atoms with Gasteiger partial charge in [0.25, 0.3) is 0 Å². The summed E-state index contributed by atoms with van der Waals surface area (Å²) >= 11 is 0. The Kier molecular flexibility index (Phi) is 5.42. The predicted molar refractivity (Wildman–Crippen MR) is 97.3 cm³/mol. The molecule has 0 heterocycles. The Balaban J connectivity index is 2.70. The van der Waals surface area contributed by atoms with Gasteiger partial charge in [0.1, 0.15) is 0 Å². The fourth-order valence-corrected chi connectivity index (χ4v) is 2.94. The van der Waals surface area contributed by atoms with E-state index < -0.39 is 0 Å². The molecule has 2 aromatic carbocycles. The highest BCUT2D eigenvalue weighted by atomic mass is 14.5. The van der Waals surface area contributed by atoms with E-state index in [0.717, 1.165) is 6.42 Å². The summed E-state index contributed by atoms with van der Waals surface area (Å²) in [7, 11) is 0. The van der Waals surface area contributed by atoms with Crippen molar-refractivity contribution in [3.63, 3.8) is 0 Å². The zero-order valence-electron chi connectivity index (χ0n) is 14.6. The second-order valence-electron chi connectivity index (χ2n) is 6.71. The van der Waals surface area contributed by atoms with Crippen molar-refractivity contribution < 1.29 is 0 Å². The molecule has 0 fully saturated rings. The molecule has 1 nitrogen and oxygen atoms in total. The van der Waals surface area contributed by atoms with Crippen LogP contribution >= 0.6 is 0 Å². The summed E-state index contributed by atoms with van der Waals surface area (Å²) < 4.78 is 0. The van der Waals surface area contributed by atoms with Crippen LogP contribution in [-0.2, 0) is 13.0 Å². The normalized spacial score (nSPS) is 11.5. The number of hydrogen-bond donors (Lipinski definition) is 1. The van der Waals surface area contributed by atoms with E-state index in [1.165, 1.54) is 33.4 Å². The Morgan fingerprint density at radius 3 is 2.14 bits per heavy atom. The van der Waals surface area contributed by atoms with Crippen LogP contribution in [0.2, 0.25) is 0 Å². The molecular formula is C21H29N.